The van der Waals surface area contributed by atoms with Crippen LogP contribution in [0.3, 0.4) is 0 Å². The number of nitrogens with one attached hydrogen (secondary N) is 1. The number of benzene rings is 1. The van der Waals surface area contributed by atoms with Crippen molar-refractivity contribution in [3.63, 3.8) is 0 Å². The van der Waals surface area contributed by atoms with Crippen molar-refractivity contribution in [2.24, 2.45) is 0 Å². The number of aryl methyl sites for hydroxylation is 2. The van der Waals surface area contributed by atoms with Crippen molar-refractivity contribution in [2.75, 3.05) is 6.54 Å². The Balaban J connectivity index is 0.00000112. The maximum absolute atomic E-state index is 3.60. The molecule has 2 rings (SSSR count). The highest BCUT2D eigenvalue weighted by molar-refractivity contribution is 5.85. The van der Waals surface area contributed by atoms with Gasteiger partial charge in [0.2, 0.25) is 0 Å². The molecule has 15 heavy (non-hydrogen) atoms. The van der Waals surface area contributed by atoms with Gasteiger partial charge < -0.3 is 5.32 Å². The van der Waals surface area contributed by atoms with E-state index in [4.69, 9.17) is 0 Å². The van der Waals surface area contributed by atoms with Crippen molar-refractivity contribution < 1.29 is 0 Å². The van der Waals surface area contributed by atoms with Crippen molar-refractivity contribution >= 4 is 12.4 Å². The molecule has 1 N–H and O–H groups in total. The van der Waals surface area contributed by atoms with E-state index in [0.29, 0.717) is 6.04 Å². The van der Waals surface area contributed by atoms with Crippen LogP contribution in [0.5, 0.6) is 0 Å². The molecule has 1 heterocycles. The van der Waals surface area contributed by atoms with Crippen molar-refractivity contribution in [1.29, 1.82) is 0 Å². The second-order valence-corrected chi connectivity index (χ2v) is 4.36. The predicted octanol–water partition coefficient (Wildman–Crippen LogP) is 3.54. The van der Waals surface area contributed by atoms with Gasteiger partial charge in [-0.2, -0.15) is 0 Å². The summed E-state index contributed by atoms with van der Waals surface area (Å²) >= 11 is 0. The van der Waals surface area contributed by atoms with Crippen LogP contribution in [0.2, 0.25) is 0 Å². The second-order valence-electron chi connectivity index (χ2n) is 4.36. The zero-order valence-corrected chi connectivity index (χ0v) is 10.4. The van der Waals surface area contributed by atoms with Gasteiger partial charge >= 0.3 is 0 Å². The highest BCUT2D eigenvalue weighted by atomic mass is 35.5. The molecule has 1 saturated heterocycles. The van der Waals surface area contributed by atoms with Crippen LogP contribution in [-0.4, -0.2) is 6.54 Å². The SMILES string of the molecule is Cc1ccc(C)c([C@@H]2CCCCN2)c1.Cl. The molecule has 0 bridgehead atoms. The topological polar surface area (TPSA) is 12.0 Å². The van der Waals surface area contributed by atoms with Gasteiger partial charge in [-0.15, -0.1) is 12.4 Å². The lowest BCUT2D eigenvalue weighted by molar-refractivity contribution is 0.411. The van der Waals surface area contributed by atoms with Crippen LogP contribution in [-0.2, 0) is 0 Å². The zero-order valence-electron chi connectivity index (χ0n) is 9.55. The standard InChI is InChI=1S/C13H19N.ClH/c1-10-6-7-11(2)12(9-10)13-5-3-4-8-14-13;/h6-7,9,13-14H,3-5,8H2,1-2H3;1H/t13-;/m0./s1. The fourth-order valence-electron chi connectivity index (χ4n) is 2.25. The third-order valence-corrected chi connectivity index (χ3v) is 3.12. The summed E-state index contributed by atoms with van der Waals surface area (Å²) in [4.78, 5) is 0. The minimum absolute atomic E-state index is 0. The van der Waals surface area contributed by atoms with Gasteiger partial charge in [0, 0.05) is 6.04 Å². The van der Waals surface area contributed by atoms with Crippen molar-refractivity contribution in [3.8, 4) is 0 Å². The van der Waals surface area contributed by atoms with Crippen molar-refractivity contribution in [2.45, 2.75) is 39.2 Å². The van der Waals surface area contributed by atoms with Crippen LogP contribution in [0.1, 0.15) is 42.0 Å². The minimum Gasteiger partial charge on any atom is -0.310 e. The molecule has 1 aliphatic heterocycles. The van der Waals surface area contributed by atoms with E-state index < -0.39 is 0 Å². The number of rotatable bonds is 1. The molecule has 84 valence electrons. The molecule has 1 aliphatic rings. The minimum atomic E-state index is 0. The Morgan fingerprint density at radius 3 is 2.67 bits per heavy atom. The molecule has 0 amide bonds. The summed E-state index contributed by atoms with van der Waals surface area (Å²) in [6, 6.07) is 7.37. The fraction of sp³-hybridized carbons (Fsp3) is 0.538. The third kappa shape index (κ3) is 2.96. The van der Waals surface area contributed by atoms with Gasteiger partial charge in [-0.25, -0.2) is 0 Å². The Morgan fingerprint density at radius 1 is 1.20 bits per heavy atom. The smallest absolute Gasteiger partial charge is 0.0322 e. The molecular formula is C13H20ClN. The Labute approximate surface area is 98.7 Å². The van der Waals surface area contributed by atoms with Gasteiger partial charge in [0.1, 0.15) is 0 Å². The van der Waals surface area contributed by atoms with Gasteiger partial charge in [0.15, 0.2) is 0 Å². The van der Waals surface area contributed by atoms with E-state index in [1.165, 1.54) is 42.5 Å². The van der Waals surface area contributed by atoms with E-state index in [1.54, 1.807) is 0 Å². The monoisotopic (exact) mass is 225 g/mol. The van der Waals surface area contributed by atoms with Gasteiger partial charge in [-0.05, 0) is 44.4 Å². The molecule has 2 heteroatoms. The first-order valence-corrected chi connectivity index (χ1v) is 5.58. The van der Waals surface area contributed by atoms with E-state index in [2.05, 4.69) is 37.4 Å². The molecule has 1 atom stereocenters. The van der Waals surface area contributed by atoms with Crippen molar-refractivity contribution in [1.82, 2.24) is 5.32 Å². The summed E-state index contributed by atoms with van der Waals surface area (Å²) < 4.78 is 0. The van der Waals surface area contributed by atoms with Gasteiger partial charge in [0.25, 0.3) is 0 Å². The lowest BCUT2D eigenvalue weighted by Gasteiger charge is -2.25. The average molecular weight is 226 g/mol. The summed E-state index contributed by atoms with van der Waals surface area (Å²) in [6.45, 7) is 5.56. The van der Waals surface area contributed by atoms with Crippen LogP contribution in [0, 0.1) is 13.8 Å². The third-order valence-electron chi connectivity index (χ3n) is 3.12. The Hall–Kier alpha value is -0.530. The van der Waals surface area contributed by atoms with Crippen LogP contribution in [0.4, 0.5) is 0 Å². The first-order chi connectivity index (χ1) is 6.77. The predicted molar refractivity (Wildman–Crippen MR) is 67.8 cm³/mol. The first kappa shape index (κ1) is 12.5. The number of halogens is 1. The molecule has 0 aliphatic carbocycles. The number of hydrogen-bond acceptors (Lipinski definition) is 1. The highest BCUT2D eigenvalue weighted by Crippen LogP contribution is 2.26. The number of hydrogen-bond donors (Lipinski definition) is 1. The van der Waals surface area contributed by atoms with Crippen molar-refractivity contribution in [3.05, 3.63) is 34.9 Å². The first-order valence-electron chi connectivity index (χ1n) is 5.58. The maximum atomic E-state index is 3.60. The van der Waals surface area contributed by atoms with Gasteiger partial charge in [-0.1, -0.05) is 30.2 Å². The summed E-state index contributed by atoms with van der Waals surface area (Å²) in [7, 11) is 0. The van der Waals surface area contributed by atoms with E-state index in [1.807, 2.05) is 0 Å². The van der Waals surface area contributed by atoms with Crippen LogP contribution >= 0.6 is 12.4 Å². The molecule has 0 saturated carbocycles. The summed E-state index contributed by atoms with van der Waals surface area (Å²) in [5.74, 6) is 0. The average Bonchev–Trinajstić information content (AvgIpc) is 2.23. The molecule has 0 aromatic heterocycles. The molecule has 0 spiro atoms. The lowest BCUT2D eigenvalue weighted by Crippen LogP contribution is -2.27. The zero-order chi connectivity index (χ0) is 9.97. The van der Waals surface area contributed by atoms with E-state index >= 15 is 0 Å². The van der Waals surface area contributed by atoms with Crippen LogP contribution < -0.4 is 5.32 Å². The Kier molecular flexibility index (Phi) is 4.62. The maximum Gasteiger partial charge on any atom is 0.0322 e. The molecule has 0 unspecified atom stereocenters. The summed E-state index contributed by atoms with van der Waals surface area (Å²) in [5, 5.41) is 3.60. The highest BCUT2D eigenvalue weighted by Gasteiger charge is 2.15. The van der Waals surface area contributed by atoms with Gasteiger partial charge in [-0.3, -0.25) is 0 Å². The fourth-order valence-corrected chi connectivity index (χ4v) is 2.25. The molecule has 1 nitrogen and oxygen atoms in total. The molecule has 1 aromatic rings. The summed E-state index contributed by atoms with van der Waals surface area (Å²) in [5.41, 5.74) is 4.30. The Bertz CT molecular complexity index is 316. The molecule has 1 fully saturated rings. The van der Waals surface area contributed by atoms with Gasteiger partial charge in [0.05, 0.1) is 0 Å². The Morgan fingerprint density at radius 2 is 2.00 bits per heavy atom. The second kappa shape index (κ2) is 5.53. The number of piperidine rings is 1. The van der Waals surface area contributed by atoms with Crippen LogP contribution in [0.15, 0.2) is 18.2 Å². The lowest BCUT2D eigenvalue weighted by atomic mass is 9.93. The van der Waals surface area contributed by atoms with E-state index in [0.717, 1.165) is 0 Å². The molecule has 1 aromatic carbocycles. The van der Waals surface area contributed by atoms with Crippen LogP contribution in [0.25, 0.3) is 0 Å². The largest absolute Gasteiger partial charge is 0.310 e. The van der Waals surface area contributed by atoms with E-state index in [-0.39, 0.29) is 12.4 Å². The normalized spacial score (nSPS) is 20.8. The summed E-state index contributed by atoms with van der Waals surface area (Å²) in [6.07, 6.45) is 4.00. The van der Waals surface area contributed by atoms with E-state index in [9.17, 15) is 0 Å². The molecule has 0 radical (unpaired) electrons. The quantitative estimate of drug-likeness (QED) is 0.771. The molecular weight excluding hydrogens is 206 g/mol.